The second-order valence-corrected chi connectivity index (χ2v) is 7.24. The summed E-state index contributed by atoms with van der Waals surface area (Å²) in [5, 5.41) is 0. The highest BCUT2D eigenvalue weighted by molar-refractivity contribution is 5.28. The maximum Gasteiger partial charge on any atom is 0.194 e. The van der Waals surface area contributed by atoms with Gasteiger partial charge in [-0.2, -0.15) is 0 Å². The van der Waals surface area contributed by atoms with E-state index in [0.717, 1.165) is 23.6 Å². The predicted octanol–water partition coefficient (Wildman–Crippen LogP) is 6.76. The van der Waals surface area contributed by atoms with Gasteiger partial charge in [-0.05, 0) is 48.6 Å². The minimum atomic E-state index is -1.48. The van der Waals surface area contributed by atoms with Crippen molar-refractivity contribution in [3.05, 3.63) is 65.0 Å². The largest absolute Gasteiger partial charge is 0.489 e. The highest BCUT2D eigenvalue weighted by atomic mass is 19.2. The normalized spacial score (nSPS) is 20.2. The van der Waals surface area contributed by atoms with Crippen molar-refractivity contribution in [3.8, 4) is 5.75 Å². The molecule has 0 aromatic heterocycles. The molecular formula is C22H25F3O. The fraction of sp³-hybridized carbons (Fsp3) is 0.455. The summed E-state index contributed by atoms with van der Waals surface area (Å²) >= 11 is 0. The average Bonchev–Trinajstić information content (AvgIpc) is 2.66. The molecule has 0 unspecified atom stereocenters. The van der Waals surface area contributed by atoms with E-state index in [1.165, 1.54) is 44.1 Å². The van der Waals surface area contributed by atoms with E-state index in [1.807, 2.05) is 12.1 Å². The van der Waals surface area contributed by atoms with Gasteiger partial charge in [-0.15, -0.1) is 0 Å². The lowest BCUT2D eigenvalue weighted by atomic mass is 9.77. The van der Waals surface area contributed by atoms with Gasteiger partial charge in [0.2, 0.25) is 0 Å². The monoisotopic (exact) mass is 362 g/mol. The van der Waals surface area contributed by atoms with Crippen molar-refractivity contribution in [2.75, 3.05) is 0 Å². The van der Waals surface area contributed by atoms with Crippen LogP contribution < -0.4 is 4.74 Å². The van der Waals surface area contributed by atoms with Gasteiger partial charge in [0.15, 0.2) is 17.5 Å². The van der Waals surface area contributed by atoms with Gasteiger partial charge in [-0.1, -0.05) is 44.0 Å². The van der Waals surface area contributed by atoms with Crippen LogP contribution in [0.15, 0.2) is 36.4 Å². The van der Waals surface area contributed by atoms with Crippen molar-refractivity contribution in [1.29, 1.82) is 0 Å². The molecule has 0 aliphatic heterocycles. The Hall–Kier alpha value is -1.97. The molecule has 0 atom stereocenters. The maximum absolute atomic E-state index is 13.2. The summed E-state index contributed by atoms with van der Waals surface area (Å²) in [6.07, 6.45) is 7.72. The molecule has 0 spiro atoms. The molecule has 0 bridgehead atoms. The molecule has 1 aliphatic carbocycles. The van der Waals surface area contributed by atoms with Gasteiger partial charge in [0.1, 0.15) is 12.4 Å². The molecule has 0 N–H and O–H groups in total. The van der Waals surface area contributed by atoms with Crippen LogP contribution in [0.25, 0.3) is 0 Å². The van der Waals surface area contributed by atoms with Crippen molar-refractivity contribution in [2.24, 2.45) is 5.92 Å². The second-order valence-electron chi connectivity index (χ2n) is 7.24. The van der Waals surface area contributed by atoms with Gasteiger partial charge in [0.05, 0.1) is 0 Å². The summed E-state index contributed by atoms with van der Waals surface area (Å²) < 4.78 is 44.8. The molecule has 0 saturated heterocycles. The first-order chi connectivity index (χ1) is 12.6. The number of hydrogen-bond donors (Lipinski definition) is 0. The Morgan fingerprint density at radius 1 is 0.923 bits per heavy atom. The maximum atomic E-state index is 13.2. The lowest BCUT2D eigenvalue weighted by Crippen LogP contribution is -2.13. The van der Waals surface area contributed by atoms with Crippen LogP contribution in [0.1, 0.15) is 62.5 Å². The lowest BCUT2D eigenvalue weighted by molar-refractivity contribution is 0.299. The number of hydrogen-bond acceptors (Lipinski definition) is 1. The first-order valence-electron chi connectivity index (χ1n) is 9.43. The predicted molar refractivity (Wildman–Crippen MR) is 96.7 cm³/mol. The van der Waals surface area contributed by atoms with E-state index in [-0.39, 0.29) is 12.4 Å². The molecule has 0 heterocycles. The van der Waals surface area contributed by atoms with E-state index in [1.54, 1.807) is 0 Å². The Kier molecular flexibility index (Phi) is 6.23. The molecule has 1 aliphatic rings. The molecule has 0 amide bonds. The van der Waals surface area contributed by atoms with Gasteiger partial charge in [0.25, 0.3) is 0 Å². The third-order valence-electron chi connectivity index (χ3n) is 5.36. The summed E-state index contributed by atoms with van der Waals surface area (Å²) in [4.78, 5) is 0. The molecule has 1 nitrogen and oxygen atoms in total. The van der Waals surface area contributed by atoms with Crippen LogP contribution in [-0.2, 0) is 6.61 Å². The van der Waals surface area contributed by atoms with Crippen molar-refractivity contribution in [3.63, 3.8) is 0 Å². The van der Waals surface area contributed by atoms with Crippen molar-refractivity contribution in [1.82, 2.24) is 0 Å². The van der Waals surface area contributed by atoms with E-state index >= 15 is 0 Å². The summed E-state index contributed by atoms with van der Waals surface area (Å²) in [5.74, 6) is -2.46. The van der Waals surface area contributed by atoms with Crippen LogP contribution in [0.3, 0.4) is 0 Å². The van der Waals surface area contributed by atoms with Gasteiger partial charge >= 0.3 is 0 Å². The highest BCUT2D eigenvalue weighted by Gasteiger charge is 2.21. The zero-order valence-electron chi connectivity index (χ0n) is 15.1. The Balaban J connectivity index is 1.55. The van der Waals surface area contributed by atoms with Gasteiger partial charge < -0.3 is 4.74 Å². The zero-order valence-corrected chi connectivity index (χ0v) is 15.1. The Bertz CT molecular complexity index is 696. The van der Waals surface area contributed by atoms with Crippen LogP contribution in [0.5, 0.6) is 5.75 Å². The van der Waals surface area contributed by atoms with E-state index in [4.69, 9.17) is 4.74 Å². The van der Waals surface area contributed by atoms with E-state index in [9.17, 15) is 13.2 Å². The number of halogens is 3. The summed E-state index contributed by atoms with van der Waals surface area (Å²) in [7, 11) is 0. The van der Waals surface area contributed by atoms with Crippen LogP contribution >= 0.6 is 0 Å². The highest BCUT2D eigenvalue weighted by Crippen LogP contribution is 2.37. The van der Waals surface area contributed by atoms with E-state index in [0.29, 0.717) is 5.92 Å². The third kappa shape index (κ3) is 4.60. The van der Waals surface area contributed by atoms with Gasteiger partial charge in [0, 0.05) is 12.1 Å². The number of ether oxygens (including phenoxy) is 1. The SMILES string of the molecule is CCCC1CCC(c2ccc(COc3cc(F)c(F)c(F)c3)cc2)CC1. The Morgan fingerprint density at radius 2 is 1.54 bits per heavy atom. The molecule has 1 saturated carbocycles. The van der Waals surface area contributed by atoms with Crippen LogP contribution in [0, 0.1) is 23.4 Å². The molecule has 2 aromatic rings. The first kappa shape index (κ1) is 18.8. The fourth-order valence-corrected chi connectivity index (χ4v) is 3.86. The molecule has 3 rings (SSSR count). The fourth-order valence-electron chi connectivity index (χ4n) is 3.86. The lowest BCUT2D eigenvalue weighted by Gasteiger charge is -2.28. The quantitative estimate of drug-likeness (QED) is 0.516. The molecule has 140 valence electrons. The van der Waals surface area contributed by atoms with Crippen LogP contribution in [0.4, 0.5) is 13.2 Å². The standard InChI is InChI=1S/C22H25F3O/c1-2-3-15-4-8-17(9-5-15)18-10-6-16(7-11-18)14-26-19-12-20(23)22(25)21(24)13-19/h6-7,10-13,15,17H,2-5,8-9,14H2,1H3. The van der Waals surface area contributed by atoms with E-state index in [2.05, 4.69) is 19.1 Å². The Morgan fingerprint density at radius 3 is 2.12 bits per heavy atom. The molecule has 2 aromatic carbocycles. The van der Waals surface area contributed by atoms with Crippen LogP contribution in [0.2, 0.25) is 0 Å². The van der Waals surface area contributed by atoms with Crippen LogP contribution in [-0.4, -0.2) is 0 Å². The number of rotatable bonds is 6. The summed E-state index contributed by atoms with van der Waals surface area (Å²) in [6.45, 7) is 2.44. The summed E-state index contributed by atoms with van der Waals surface area (Å²) in [5.41, 5.74) is 2.26. The third-order valence-corrected chi connectivity index (χ3v) is 5.36. The first-order valence-corrected chi connectivity index (χ1v) is 9.43. The number of benzene rings is 2. The average molecular weight is 362 g/mol. The second kappa shape index (κ2) is 8.61. The van der Waals surface area contributed by atoms with Crippen molar-refractivity contribution >= 4 is 0 Å². The van der Waals surface area contributed by atoms with E-state index < -0.39 is 17.5 Å². The molecule has 0 radical (unpaired) electrons. The smallest absolute Gasteiger partial charge is 0.194 e. The van der Waals surface area contributed by atoms with Crippen molar-refractivity contribution in [2.45, 2.75) is 58.0 Å². The van der Waals surface area contributed by atoms with Crippen molar-refractivity contribution < 1.29 is 17.9 Å². The summed E-state index contributed by atoms with van der Waals surface area (Å²) in [6, 6.07) is 9.95. The zero-order chi connectivity index (χ0) is 18.5. The topological polar surface area (TPSA) is 9.23 Å². The molecule has 1 fully saturated rings. The molecule has 26 heavy (non-hydrogen) atoms. The molecule has 4 heteroatoms. The minimum Gasteiger partial charge on any atom is -0.489 e. The van der Waals surface area contributed by atoms with Gasteiger partial charge in [-0.3, -0.25) is 0 Å². The van der Waals surface area contributed by atoms with Gasteiger partial charge in [-0.25, -0.2) is 13.2 Å². The minimum absolute atomic E-state index is 0.0141. The Labute approximate surface area is 153 Å². The molecular weight excluding hydrogens is 337 g/mol.